The normalized spacial score (nSPS) is 12.9. The number of hydrazine groups is 1. The Morgan fingerprint density at radius 3 is 3.07 bits per heavy atom. The monoisotopic (exact) mass is 224 g/mol. The van der Waals surface area contributed by atoms with Crippen LogP contribution in [-0.2, 0) is 13.5 Å². The Hall–Kier alpha value is -1.31. The molecule has 7 heteroatoms. The Morgan fingerprint density at radius 1 is 1.67 bits per heavy atom. The molecule has 0 aliphatic rings. The van der Waals surface area contributed by atoms with Crippen molar-refractivity contribution < 1.29 is 0 Å². The van der Waals surface area contributed by atoms with Gasteiger partial charge in [-0.05, 0) is 17.6 Å². The highest BCUT2D eigenvalue weighted by Crippen LogP contribution is 2.18. The van der Waals surface area contributed by atoms with Crippen molar-refractivity contribution in [2.24, 2.45) is 12.9 Å². The van der Waals surface area contributed by atoms with Gasteiger partial charge < -0.3 is 0 Å². The summed E-state index contributed by atoms with van der Waals surface area (Å²) in [6.07, 6.45) is 4.37. The van der Waals surface area contributed by atoms with E-state index in [0.717, 1.165) is 17.0 Å². The van der Waals surface area contributed by atoms with Gasteiger partial charge in [0.15, 0.2) is 0 Å². The molecule has 2 aromatic rings. The van der Waals surface area contributed by atoms with E-state index < -0.39 is 0 Å². The molecule has 0 radical (unpaired) electrons. The number of aromatic nitrogens is 4. The Morgan fingerprint density at radius 2 is 2.53 bits per heavy atom. The number of rotatable bonds is 4. The highest BCUT2D eigenvalue weighted by molar-refractivity contribution is 7.05. The fourth-order valence-electron chi connectivity index (χ4n) is 1.35. The van der Waals surface area contributed by atoms with Gasteiger partial charge in [0.2, 0.25) is 0 Å². The number of aryl methyl sites for hydroxylation is 1. The second kappa shape index (κ2) is 4.47. The Kier molecular flexibility index (Phi) is 3.05. The summed E-state index contributed by atoms with van der Waals surface area (Å²) in [6, 6.07) is 2.00. The van der Waals surface area contributed by atoms with Crippen molar-refractivity contribution in [2.45, 2.75) is 12.5 Å². The van der Waals surface area contributed by atoms with Crippen LogP contribution in [0.15, 0.2) is 18.5 Å². The standard InChI is InChI=1S/C8H12N6S/c1-14-3-2-6(12-14)4-7(11-9)8-5-10-13-15-8/h2-3,5,7,11H,4,9H2,1H3. The molecule has 2 heterocycles. The molecule has 15 heavy (non-hydrogen) atoms. The Balaban J connectivity index is 2.09. The first-order chi connectivity index (χ1) is 7.29. The van der Waals surface area contributed by atoms with Crippen molar-refractivity contribution in [2.75, 3.05) is 0 Å². The summed E-state index contributed by atoms with van der Waals surface area (Å²) in [5, 5.41) is 8.08. The van der Waals surface area contributed by atoms with E-state index >= 15 is 0 Å². The van der Waals surface area contributed by atoms with Crippen LogP contribution in [0.3, 0.4) is 0 Å². The first kappa shape index (κ1) is 10.2. The van der Waals surface area contributed by atoms with Crippen molar-refractivity contribution in [3.05, 3.63) is 29.0 Å². The minimum Gasteiger partial charge on any atom is -0.276 e. The first-order valence-electron chi connectivity index (χ1n) is 4.51. The third-order valence-corrected chi connectivity index (χ3v) is 2.88. The van der Waals surface area contributed by atoms with Gasteiger partial charge in [0, 0.05) is 19.7 Å². The largest absolute Gasteiger partial charge is 0.276 e. The Bertz CT molecular complexity index is 408. The van der Waals surface area contributed by atoms with Crippen LogP contribution in [-0.4, -0.2) is 19.4 Å². The van der Waals surface area contributed by atoms with Gasteiger partial charge in [-0.2, -0.15) is 5.10 Å². The third kappa shape index (κ3) is 2.38. The predicted octanol–water partition coefficient (Wildman–Crippen LogP) is 0.0187. The van der Waals surface area contributed by atoms with E-state index in [1.54, 1.807) is 10.9 Å². The van der Waals surface area contributed by atoms with E-state index in [1.165, 1.54) is 11.5 Å². The lowest BCUT2D eigenvalue weighted by Gasteiger charge is -2.10. The molecule has 6 nitrogen and oxygen atoms in total. The van der Waals surface area contributed by atoms with Crippen LogP contribution in [0.5, 0.6) is 0 Å². The summed E-state index contributed by atoms with van der Waals surface area (Å²) in [6.45, 7) is 0. The lowest BCUT2D eigenvalue weighted by atomic mass is 10.1. The summed E-state index contributed by atoms with van der Waals surface area (Å²) in [5.74, 6) is 5.49. The minimum atomic E-state index is 0.0277. The summed E-state index contributed by atoms with van der Waals surface area (Å²) in [7, 11) is 1.89. The molecule has 1 atom stereocenters. The number of hydrogen-bond donors (Lipinski definition) is 2. The average molecular weight is 224 g/mol. The fourth-order valence-corrected chi connectivity index (χ4v) is 1.91. The predicted molar refractivity (Wildman–Crippen MR) is 56.9 cm³/mol. The van der Waals surface area contributed by atoms with E-state index in [-0.39, 0.29) is 6.04 Å². The molecule has 0 bridgehead atoms. The lowest BCUT2D eigenvalue weighted by molar-refractivity contribution is 0.548. The molecule has 0 fully saturated rings. The van der Waals surface area contributed by atoms with Gasteiger partial charge in [-0.1, -0.05) is 4.49 Å². The van der Waals surface area contributed by atoms with Crippen molar-refractivity contribution >= 4 is 11.5 Å². The van der Waals surface area contributed by atoms with Gasteiger partial charge in [0.1, 0.15) is 0 Å². The maximum absolute atomic E-state index is 5.49. The minimum absolute atomic E-state index is 0.0277. The maximum atomic E-state index is 5.49. The fraction of sp³-hybridized carbons (Fsp3) is 0.375. The van der Waals surface area contributed by atoms with E-state index in [4.69, 9.17) is 5.84 Å². The molecular weight excluding hydrogens is 212 g/mol. The van der Waals surface area contributed by atoms with Crippen LogP contribution >= 0.6 is 11.5 Å². The van der Waals surface area contributed by atoms with Crippen LogP contribution in [0.25, 0.3) is 0 Å². The summed E-state index contributed by atoms with van der Waals surface area (Å²) in [5.41, 5.74) is 3.74. The molecule has 80 valence electrons. The van der Waals surface area contributed by atoms with Crippen LogP contribution in [0.1, 0.15) is 16.6 Å². The average Bonchev–Trinajstić information content (AvgIpc) is 2.85. The van der Waals surface area contributed by atoms with Gasteiger partial charge in [0.25, 0.3) is 0 Å². The van der Waals surface area contributed by atoms with E-state index in [0.29, 0.717) is 0 Å². The van der Waals surface area contributed by atoms with Crippen LogP contribution in [0, 0.1) is 0 Å². The van der Waals surface area contributed by atoms with Gasteiger partial charge >= 0.3 is 0 Å². The smallest absolute Gasteiger partial charge is 0.0670 e. The molecule has 2 aromatic heterocycles. The number of hydrogen-bond acceptors (Lipinski definition) is 6. The molecule has 0 spiro atoms. The van der Waals surface area contributed by atoms with Crippen molar-refractivity contribution in [3.63, 3.8) is 0 Å². The maximum Gasteiger partial charge on any atom is 0.0670 e. The van der Waals surface area contributed by atoms with Gasteiger partial charge in [-0.3, -0.25) is 16.0 Å². The summed E-state index contributed by atoms with van der Waals surface area (Å²) < 4.78 is 5.58. The van der Waals surface area contributed by atoms with Crippen LogP contribution < -0.4 is 11.3 Å². The number of nitrogens with one attached hydrogen (secondary N) is 1. The third-order valence-electron chi connectivity index (χ3n) is 2.11. The Labute approximate surface area is 91.2 Å². The SMILES string of the molecule is Cn1ccc(CC(NN)c2cnns2)n1. The summed E-state index contributed by atoms with van der Waals surface area (Å²) in [4.78, 5) is 1.02. The van der Waals surface area contributed by atoms with E-state index in [1.807, 2.05) is 19.3 Å². The zero-order valence-electron chi connectivity index (χ0n) is 8.29. The second-order valence-electron chi connectivity index (χ2n) is 3.22. The topological polar surface area (TPSA) is 81.7 Å². The highest BCUT2D eigenvalue weighted by atomic mass is 32.1. The molecular formula is C8H12N6S. The van der Waals surface area contributed by atoms with Gasteiger partial charge in [-0.25, -0.2) is 0 Å². The van der Waals surface area contributed by atoms with Crippen molar-refractivity contribution in [1.29, 1.82) is 0 Å². The zero-order chi connectivity index (χ0) is 10.7. The van der Waals surface area contributed by atoms with Crippen LogP contribution in [0.4, 0.5) is 0 Å². The first-order valence-corrected chi connectivity index (χ1v) is 5.29. The lowest BCUT2D eigenvalue weighted by Crippen LogP contribution is -2.29. The zero-order valence-corrected chi connectivity index (χ0v) is 9.11. The molecule has 0 amide bonds. The highest BCUT2D eigenvalue weighted by Gasteiger charge is 2.14. The molecule has 0 aliphatic carbocycles. The molecule has 1 unspecified atom stereocenters. The van der Waals surface area contributed by atoms with Crippen molar-refractivity contribution in [3.8, 4) is 0 Å². The molecule has 0 saturated heterocycles. The molecule has 2 rings (SSSR count). The van der Waals surface area contributed by atoms with E-state index in [2.05, 4.69) is 20.1 Å². The van der Waals surface area contributed by atoms with E-state index in [9.17, 15) is 0 Å². The number of nitrogens with zero attached hydrogens (tertiary/aromatic N) is 4. The van der Waals surface area contributed by atoms with Crippen LogP contribution in [0.2, 0.25) is 0 Å². The van der Waals surface area contributed by atoms with Gasteiger partial charge in [-0.15, -0.1) is 5.10 Å². The molecule has 0 aromatic carbocycles. The van der Waals surface area contributed by atoms with Crippen molar-refractivity contribution in [1.82, 2.24) is 24.8 Å². The molecule has 3 N–H and O–H groups in total. The molecule has 0 aliphatic heterocycles. The molecule has 0 saturated carbocycles. The quantitative estimate of drug-likeness (QED) is 0.565. The number of nitrogens with two attached hydrogens (primary N) is 1. The second-order valence-corrected chi connectivity index (χ2v) is 4.04. The van der Waals surface area contributed by atoms with Gasteiger partial charge in [0.05, 0.1) is 22.8 Å². The summed E-state index contributed by atoms with van der Waals surface area (Å²) >= 11 is 1.34.